The summed E-state index contributed by atoms with van der Waals surface area (Å²) in [6.45, 7) is -1.21. The van der Waals surface area contributed by atoms with E-state index in [1.54, 1.807) is 0 Å². The summed E-state index contributed by atoms with van der Waals surface area (Å²) in [5.41, 5.74) is 0. The average molecular weight is 545 g/mol. The van der Waals surface area contributed by atoms with Gasteiger partial charge < -0.3 is 80.1 Å². The summed E-state index contributed by atoms with van der Waals surface area (Å²) < 4.78 is 26.9. The Morgan fingerprint density at radius 2 is 1.14 bits per heavy atom. The molecule has 17 nitrogen and oxygen atoms in total. The summed E-state index contributed by atoms with van der Waals surface area (Å²) in [6, 6.07) is -1.39. The Kier molecular flexibility index (Phi) is 10.5. The van der Waals surface area contributed by atoms with Gasteiger partial charge in [-0.15, -0.1) is 0 Å². The Hall–Kier alpha value is -1.13. The predicted molar refractivity (Wildman–Crippen MR) is 113 cm³/mol. The fourth-order valence-electron chi connectivity index (χ4n) is 4.46. The quantitative estimate of drug-likeness (QED) is 0.135. The van der Waals surface area contributed by atoms with Crippen molar-refractivity contribution in [3.8, 4) is 0 Å². The maximum Gasteiger partial charge on any atom is 0.217 e. The van der Waals surface area contributed by atoms with Crippen LogP contribution in [-0.4, -0.2) is 169 Å². The second-order valence-corrected chi connectivity index (χ2v) is 9.07. The van der Waals surface area contributed by atoms with Crippen molar-refractivity contribution in [2.45, 2.75) is 99.0 Å². The van der Waals surface area contributed by atoms with Crippen molar-refractivity contribution in [2.24, 2.45) is 0 Å². The lowest BCUT2D eigenvalue weighted by atomic mass is 9.95. The fraction of sp³-hybridized carbons (Fsp3) is 0.950. The van der Waals surface area contributed by atoms with Gasteiger partial charge in [0.2, 0.25) is 5.91 Å². The highest BCUT2D eigenvalue weighted by Gasteiger charge is 2.53. The SMILES string of the molecule is CC(=O)N[C@@H]1[C@@H](O[C@@H]2O[C@H](CO)[C@H](O[C@@H]3O[C@H](CO)[C@H](O)[C@H](O)[C@H]3O)[C@H](O)[C@H]2O)[C@@H](O)[C@@H](CO)O[C@@H]1O. The molecule has 0 aromatic carbocycles. The molecule has 3 aliphatic heterocycles. The molecule has 3 saturated heterocycles. The van der Waals surface area contributed by atoms with Crippen LogP contribution in [0.3, 0.4) is 0 Å². The zero-order valence-electron chi connectivity index (χ0n) is 19.7. The number of ether oxygens (including phenoxy) is 5. The van der Waals surface area contributed by atoms with E-state index in [0.717, 1.165) is 6.92 Å². The summed E-state index contributed by atoms with van der Waals surface area (Å²) in [7, 11) is 0. The van der Waals surface area contributed by atoms with E-state index >= 15 is 0 Å². The van der Waals surface area contributed by atoms with Crippen LogP contribution in [0.4, 0.5) is 0 Å². The second-order valence-electron chi connectivity index (χ2n) is 9.07. The van der Waals surface area contributed by atoms with Gasteiger partial charge in [-0.25, -0.2) is 0 Å². The number of carbonyl (C=O) groups is 1. The number of nitrogens with one attached hydrogen (secondary N) is 1. The standard InChI is InChI=1S/C20H35NO16/c1-5(25)21-9-17(11(27)7(3-23)33-18(9)32)37-20-15(31)13(29)16(8(4-24)35-20)36-19-14(30)12(28)10(26)6(2-22)34-19/h6-20,22-24,26-32H,2-4H2,1H3,(H,21,25)/t6-,7-,8-,9-,10+,11+,12+,13-,14-,15-,16+,17-,18+,19+,20+/m1/s1. The molecule has 11 N–H and O–H groups in total. The van der Waals surface area contributed by atoms with Crippen LogP contribution in [0.25, 0.3) is 0 Å². The Morgan fingerprint density at radius 3 is 1.68 bits per heavy atom. The highest BCUT2D eigenvalue weighted by molar-refractivity contribution is 5.73. The first kappa shape index (κ1) is 30.4. The first-order valence-corrected chi connectivity index (χ1v) is 11.6. The van der Waals surface area contributed by atoms with Crippen LogP contribution >= 0.6 is 0 Å². The van der Waals surface area contributed by atoms with Gasteiger partial charge in [-0.3, -0.25) is 4.79 Å². The zero-order chi connectivity index (χ0) is 27.6. The Labute approximate surface area is 210 Å². The minimum Gasteiger partial charge on any atom is -0.394 e. The molecule has 3 rings (SSSR count). The number of aliphatic hydroxyl groups excluding tert-OH is 10. The zero-order valence-corrected chi connectivity index (χ0v) is 19.7. The summed E-state index contributed by atoms with van der Waals surface area (Å²) in [5, 5.41) is 103. The highest BCUT2D eigenvalue weighted by Crippen LogP contribution is 2.32. The van der Waals surface area contributed by atoms with Crippen LogP contribution in [0.15, 0.2) is 0 Å². The predicted octanol–water partition coefficient (Wildman–Crippen LogP) is -7.43. The lowest BCUT2D eigenvalue weighted by molar-refractivity contribution is -0.372. The first-order valence-electron chi connectivity index (χ1n) is 11.6. The number of hydrogen-bond donors (Lipinski definition) is 11. The molecule has 3 fully saturated rings. The van der Waals surface area contributed by atoms with Gasteiger partial charge in [-0.1, -0.05) is 0 Å². The van der Waals surface area contributed by atoms with Crippen molar-refractivity contribution in [3.63, 3.8) is 0 Å². The van der Waals surface area contributed by atoms with Crippen LogP contribution in [0.1, 0.15) is 6.92 Å². The number of amides is 1. The van der Waals surface area contributed by atoms with Gasteiger partial charge in [0.15, 0.2) is 18.9 Å². The van der Waals surface area contributed by atoms with Crippen molar-refractivity contribution < 1.29 is 79.5 Å². The minimum absolute atomic E-state index is 0.637. The van der Waals surface area contributed by atoms with Crippen LogP contribution in [0, 0.1) is 0 Å². The molecule has 0 aliphatic carbocycles. The number of rotatable bonds is 8. The molecule has 15 atom stereocenters. The topological polar surface area (TPSA) is 278 Å². The van der Waals surface area contributed by atoms with E-state index in [9.17, 15) is 55.9 Å². The number of aliphatic hydroxyl groups is 10. The Bertz CT molecular complexity index is 743. The molecule has 1 amide bonds. The van der Waals surface area contributed by atoms with Gasteiger partial charge in [-0.05, 0) is 0 Å². The van der Waals surface area contributed by atoms with E-state index in [1.807, 2.05) is 0 Å². The van der Waals surface area contributed by atoms with Crippen molar-refractivity contribution >= 4 is 5.91 Å². The summed E-state index contributed by atoms with van der Waals surface area (Å²) in [6.07, 6.45) is -23.3. The average Bonchev–Trinajstić information content (AvgIpc) is 2.87. The van der Waals surface area contributed by atoms with E-state index in [-0.39, 0.29) is 0 Å². The maximum absolute atomic E-state index is 11.6. The Balaban J connectivity index is 1.76. The van der Waals surface area contributed by atoms with Gasteiger partial charge in [0.1, 0.15) is 73.2 Å². The number of carbonyl (C=O) groups excluding carboxylic acids is 1. The molecule has 37 heavy (non-hydrogen) atoms. The second kappa shape index (κ2) is 12.8. The van der Waals surface area contributed by atoms with Gasteiger partial charge in [0, 0.05) is 6.92 Å². The summed E-state index contributed by atoms with van der Waals surface area (Å²) >= 11 is 0. The van der Waals surface area contributed by atoms with Gasteiger partial charge >= 0.3 is 0 Å². The molecule has 0 saturated carbocycles. The van der Waals surface area contributed by atoms with E-state index in [2.05, 4.69) is 5.32 Å². The third-order valence-corrected chi connectivity index (χ3v) is 6.49. The molecule has 216 valence electrons. The third-order valence-electron chi connectivity index (χ3n) is 6.49. The van der Waals surface area contributed by atoms with Gasteiger partial charge in [0.25, 0.3) is 0 Å². The summed E-state index contributed by atoms with van der Waals surface area (Å²) in [4.78, 5) is 11.6. The molecular formula is C20H35NO16. The molecule has 3 aliphatic rings. The summed E-state index contributed by atoms with van der Waals surface area (Å²) in [5.74, 6) is -0.637. The molecule has 0 unspecified atom stereocenters. The van der Waals surface area contributed by atoms with E-state index in [0.29, 0.717) is 0 Å². The fourth-order valence-corrected chi connectivity index (χ4v) is 4.46. The molecule has 0 radical (unpaired) electrons. The van der Waals surface area contributed by atoms with E-state index < -0.39 is 118 Å². The van der Waals surface area contributed by atoms with Crippen LogP contribution in [0.5, 0.6) is 0 Å². The van der Waals surface area contributed by atoms with Crippen LogP contribution in [-0.2, 0) is 28.5 Å². The van der Waals surface area contributed by atoms with Gasteiger partial charge in [-0.2, -0.15) is 0 Å². The smallest absolute Gasteiger partial charge is 0.217 e. The van der Waals surface area contributed by atoms with Crippen molar-refractivity contribution in [3.05, 3.63) is 0 Å². The molecule has 17 heteroatoms. The normalized spacial score (nSPS) is 49.0. The molecular weight excluding hydrogens is 510 g/mol. The van der Waals surface area contributed by atoms with E-state index in [4.69, 9.17) is 23.7 Å². The monoisotopic (exact) mass is 545 g/mol. The molecule has 0 aromatic rings. The molecule has 3 heterocycles. The third kappa shape index (κ3) is 6.38. The maximum atomic E-state index is 11.6. The molecule has 0 spiro atoms. The van der Waals surface area contributed by atoms with Crippen LogP contribution < -0.4 is 5.32 Å². The van der Waals surface area contributed by atoms with Crippen molar-refractivity contribution in [2.75, 3.05) is 19.8 Å². The van der Waals surface area contributed by atoms with Crippen LogP contribution in [0.2, 0.25) is 0 Å². The van der Waals surface area contributed by atoms with Crippen molar-refractivity contribution in [1.29, 1.82) is 0 Å². The lowest BCUT2D eigenvalue weighted by Crippen LogP contribution is -2.68. The number of hydrogen-bond acceptors (Lipinski definition) is 16. The molecule has 0 aromatic heterocycles. The largest absolute Gasteiger partial charge is 0.394 e. The van der Waals surface area contributed by atoms with Gasteiger partial charge in [0.05, 0.1) is 19.8 Å². The molecule has 0 bridgehead atoms. The van der Waals surface area contributed by atoms with Crippen molar-refractivity contribution in [1.82, 2.24) is 5.32 Å². The van der Waals surface area contributed by atoms with E-state index in [1.165, 1.54) is 0 Å². The lowest BCUT2D eigenvalue weighted by Gasteiger charge is -2.48. The minimum atomic E-state index is -1.93. The highest BCUT2D eigenvalue weighted by atomic mass is 16.7. The first-order chi connectivity index (χ1) is 17.4. The Morgan fingerprint density at radius 1 is 0.649 bits per heavy atom.